The predicted molar refractivity (Wildman–Crippen MR) is 77.3 cm³/mol. The maximum Gasteiger partial charge on any atom is 0.255 e. The van der Waals surface area contributed by atoms with Crippen molar-refractivity contribution in [3.05, 3.63) is 35.0 Å². The number of aromatic nitrogens is 1. The average Bonchev–Trinajstić information content (AvgIpc) is 2.27. The first-order valence-corrected chi connectivity index (χ1v) is 6.40. The van der Waals surface area contributed by atoms with Crippen molar-refractivity contribution in [2.24, 2.45) is 0 Å². The van der Waals surface area contributed by atoms with Crippen LogP contribution in [0.3, 0.4) is 0 Å². The Morgan fingerprint density at radius 3 is 2.72 bits per heavy atom. The van der Waals surface area contributed by atoms with Crippen LogP contribution in [0, 0.1) is 0 Å². The third-order valence-corrected chi connectivity index (χ3v) is 3.11. The molecule has 0 radical (unpaired) electrons. The largest absolute Gasteiger partial charge is 0.384 e. The van der Waals surface area contributed by atoms with Gasteiger partial charge >= 0.3 is 0 Å². The van der Waals surface area contributed by atoms with E-state index in [0.717, 1.165) is 0 Å². The zero-order valence-corrected chi connectivity index (χ0v) is 12.5. The van der Waals surface area contributed by atoms with Crippen LogP contribution in [-0.4, -0.2) is 27.9 Å². The second kappa shape index (κ2) is 5.52. The molecule has 0 aliphatic heterocycles. The summed E-state index contributed by atoms with van der Waals surface area (Å²) in [5, 5.41) is 0. The van der Waals surface area contributed by atoms with E-state index >= 15 is 0 Å². The molecule has 0 aliphatic carbocycles. The minimum absolute atomic E-state index is 0.0941. The fourth-order valence-corrected chi connectivity index (χ4v) is 1.94. The molecule has 1 rings (SSSR count). The van der Waals surface area contributed by atoms with Gasteiger partial charge in [-0.25, -0.2) is 4.98 Å². The Morgan fingerprint density at radius 2 is 2.22 bits per heavy atom. The van der Waals surface area contributed by atoms with Gasteiger partial charge in [0, 0.05) is 22.8 Å². The van der Waals surface area contributed by atoms with E-state index in [0.29, 0.717) is 22.4 Å². The zero-order chi connectivity index (χ0) is 13.9. The van der Waals surface area contributed by atoms with E-state index in [1.807, 2.05) is 20.8 Å². The molecule has 4 nitrogen and oxygen atoms in total. The molecule has 0 unspecified atom stereocenters. The Kier molecular flexibility index (Phi) is 4.51. The van der Waals surface area contributed by atoms with E-state index in [1.54, 1.807) is 17.0 Å². The van der Waals surface area contributed by atoms with Crippen LogP contribution in [-0.2, 0) is 0 Å². The first kappa shape index (κ1) is 14.7. The summed E-state index contributed by atoms with van der Waals surface area (Å²) in [6.07, 6.45) is 3.25. The molecule has 0 fully saturated rings. The van der Waals surface area contributed by atoms with E-state index in [4.69, 9.17) is 5.73 Å². The highest BCUT2D eigenvalue weighted by atomic mass is 79.9. The van der Waals surface area contributed by atoms with E-state index < -0.39 is 0 Å². The smallest absolute Gasteiger partial charge is 0.255 e. The van der Waals surface area contributed by atoms with Crippen molar-refractivity contribution < 1.29 is 4.79 Å². The lowest BCUT2D eigenvalue weighted by Gasteiger charge is -2.35. The number of hydrogen-bond donors (Lipinski definition) is 1. The molecular formula is C13H18BrN3O. The topological polar surface area (TPSA) is 59.2 Å². The number of halogens is 1. The number of pyridine rings is 1. The molecule has 0 bridgehead atoms. The van der Waals surface area contributed by atoms with Crippen LogP contribution in [0.25, 0.3) is 0 Å². The Hall–Kier alpha value is -1.36. The van der Waals surface area contributed by atoms with Gasteiger partial charge in [0.15, 0.2) is 0 Å². The number of carbonyl (C=O) groups is 1. The summed E-state index contributed by atoms with van der Waals surface area (Å²) in [6, 6.07) is 1.58. The number of hydrogen-bond acceptors (Lipinski definition) is 3. The van der Waals surface area contributed by atoms with Crippen molar-refractivity contribution >= 4 is 27.7 Å². The fraction of sp³-hybridized carbons (Fsp3) is 0.385. The van der Waals surface area contributed by atoms with Crippen LogP contribution in [0.4, 0.5) is 5.82 Å². The highest BCUT2D eigenvalue weighted by Crippen LogP contribution is 2.23. The maximum absolute atomic E-state index is 12.5. The first-order chi connectivity index (χ1) is 8.27. The van der Waals surface area contributed by atoms with Crippen molar-refractivity contribution in [2.45, 2.75) is 26.3 Å². The van der Waals surface area contributed by atoms with Gasteiger partial charge in [0.05, 0.1) is 5.56 Å². The standard InChI is InChI=1S/C13H18BrN3O/c1-5-6-17(13(2,3)4)12(18)9-7-11(15)16-8-10(9)14/h5,7-8H,1,6H2,2-4H3,(H2,15,16). The monoisotopic (exact) mass is 311 g/mol. The third-order valence-electron chi connectivity index (χ3n) is 2.47. The third kappa shape index (κ3) is 3.32. The van der Waals surface area contributed by atoms with E-state index in [9.17, 15) is 4.79 Å². The number of carbonyl (C=O) groups excluding carboxylic acids is 1. The Balaban J connectivity index is 3.17. The molecular weight excluding hydrogens is 294 g/mol. The van der Waals surface area contributed by atoms with E-state index in [1.165, 1.54) is 6.20 Å². The number of amides is 1. The molecule has 98 valence electrons. The number of rotatable bonds is 3. The summed E-state index contributed by atoms with van der Waals surface area (Å²) in [5.41, 5.74) is 5.85. The SMILES string of the molecule is C=CCN(C(=O)c1cc(N)ncc1Br)C(C)(C)C. The van der Waals surface area contributed by atoms with Gasteiger partial charge in [0.1, 0.15) is 5.82 Å². The summed E-state index contributed by atoms with van der Waals surface area (Å²) >= 11 is 3.33. The van der Waals surface area contributed by atoms with Crippen molar-refractivity contribution in [1.29, 1.82) is 0 Å². The molecule has 2 N–H and O–H groups in total. The molecule has 1 amide bonds. The lowest BCUT2D eigenvalue weighted by atomic mass is 10.0. The molecule has 18 heavy (non-hydrogen) atoms. The van der Waals surface area contributed by atoms with E-state index in [2.05, 4.69) is 27.5 Å². The molecule has 0 spiro atoms. The van der Waals surface area contributed by atoms with Gasteiger partial charge in [0.2, 0.25) is 0 Å². The van der Waals surface area contributed by atoms with Gasteiger partial charge in [-0.05, 0) is 42.8 Å². The zero-order valence-electron chi connectivity index (χ0n) is 10.9. The average molecular weight is 312 g/mol. The van der Waals surface area contributed by atoms with Crippen molar-refractivity contribution in [3.8, 4) is 0 Å². The van der Waals surface area contributed by atoms with Crippen LogP contribution in [0.15, 0.2) is 29.4 Å². The number of nitrogens with zero attached hydrogens (tertiary/aromatic N) is 2. The Morgan fingerprint density at radius 1 is 1.61 bits per heavy atom. The predicted octanol–water partition coefficient (Wildman–Crippen LogP) is 2.85. The number of nitrogens with two attached hydrogens (primary N) is 1. The van der Waals surface area contributed by atoms with Crippen LogP contribution in [0.2, 0.25) is 0 Å². The molecule has 0 atom stereocenters. The highest BCUT2D eigenvalue weighted by Gasteiger charge is 2.27. The van der Waals surface area contributed by atoms with Gasteiger partial charge < -0.3 is 10.6 Å². The summed E-state index contributed by atoms with van der Waals surface area (Å²) < 4.78 is 0.639. The lowest BCUT2D eigenvalue weighted by Crippen LogP contribution is -2.45. The van der Waals surface area contributed by atoms with Gasteiger partial charge in [-0.1, -0.05) is 6.08 Å². The summed E-state index contributed by atoms with van der Waals surface area (Å²) in [7, 11) is 0. The summed E-state index contributed by atoms with van der Waals surface area (Å²) in [5.74, 6) is 0.234. The molecule has 0 aliphatic rings. The van der Waals surface area contributed by atoms with Crippen molar-refractivity contribution in [2.75, 3.05) is 12.3 Å². The second-order valence-electron chi connectivity index (χ2n) is 4.96. The normalized spacial score (nSPS) is 11.1. The number of anilines is 1. The molecule has 1 aromatic heterocycles. The second-order valence-corrected chi connectivity index (χ2v) is 5.82. The first-order valence-electron chi connectivity index (χ1n) is 5.61. The van der Waals surface area contributed by atoms with E-state index in [-0.39, 0.29) is 11.4 Å². The van der Waals surface area contributed by atoms with Gasteiger partial charge in [0.25, 0.3) is 5.91 Å². The van der Waals surface area contributed by atoms with Crippen molar-refractivity contribution in [3.63, 3.8) is 0 Å². The molecule has 1 heterocycles. The molecule has 1 aromatic rings. The fourth-order valence-electron chi connectivity index (χ4n) is 1.55. The summed E-state index contributed by atoms with van der Waals surface area (Å²) in [6.45, 7) is 10.1. The van der Waals surface area contributed by atoms with Crippen LogP contribution >= 0.6 is 15.9 Å². The highest BCUT2D eigenvalue weighted by molar-refractivity contribution is 9.10. The number of nitrogen functional groups attached to an aromatic ring is 1. The Labute approximate surface area is 116 Å². The molecule has 0 saturated heterocycles. The minimum Gasteiger partial charge on any atom is -0.384 e. The van der Waals surface area contributed by atoms with Gasteiger partial charge in [-0.15, -0.1) is 6.58 Å². The maximum atomic E-state index is 12.5. The quantitative estimate of drug-likeness (QED) is 0.873. The van der Waals surface area contributed by atoms with Gasteiger partial charge in [-0.2, -0.15) is 0 Å². The van der Waals surface area contributed by atoms with Gasteiger partial charge in [-0.3, -0.25) is 4.79 Å². The lowest BCUT2D eigenvalue weighted by molar-refractivity contribution is 0.0615. The van der Waals surface area contributed by atoms with Crippen LogP contribution in [0.5, 0.6) is 0 Å². The molecule has 5 heteroatoms. The van der Waals surface area contributed by atoms with Crippen molar-refractivity contribution in [1.82, 2.24) is 9.88 Å². The minimum atomic E-state index is -0.289. The van der Waals surface area contributed by atoms with Crippen LogP contribution in [0.1, 0.15) is 31.1 Å². The molecule has 0 aromatic carbocycles. The Bertz CT molecular complexity index is 466. The van der Waals surface area contributed by atoms with Crippen LogP contribution < -0.4 is 5.73 Å². The molecule has 0 saturated carbocycles. The summed E-state index contributed by atoms with van der Waals surface area (Å²) in [4.78, 5) is 18.2.